The van der Waals surface area contributed by atoms with Crippen molar-refractivity contribution in [3.05, 3.63) is 94.1 Å². The quantitative estimate of drug-likeness (QED) is 0.127. The lowest BCUT2D eigenvalue weighted by Crippen LogP contribution is -2.61. The highest BCUT2D eigenvalue weighted by molar-refractivity contribution is 7.19. The summed E-state index contributed by atoms with van der Waals surface area (Å²) in [5.74, 6) is 0.511. The van der Waals surface area contributed by atoms with Gasteiger partial charge in [0.05, 0.1) is 38.6 Å². The van der Waals surface area contributed by atoms with Crippen LogP contribution in [0.2, 0.25) is 0 Å². The van der Waals surface area contributed by atoms with Gasteiger partial charge in [-0.05, 0) is 73.9 Å². The number of hydrogen-bond acceptors (Lipinski definition) is 12. The van der Waals surface area contributed by atoms with Crippen LogP contribution in [0.4, 0.5) is 5.82 Å². The molecule has 2 saturated heterocycles. The van der Waals surface area contributed by atoms with Crippen LogP contribution in [-0.4, -0.2) is 79.0 Å². The molecule has 0 radical (unpaired) electrons. The van der Waals surface area contributed by atoms with Gasteiger partial charge in [-0.15, -0.1) is 32.9 Å². The molecule has 6 heterocycles. The highest BCUT2D eigenvalue weighted by Crippen LogP contribution is 2.58. The van der Waals surface area contributed by atoms with Crippen LogP contribution in [0, 0.1) is 18.3 Å². The zero-order chi connectivity index (χ0) is 39.6. The Labute approximate surface area is 338 Å². The maximum Gasteiger partial charge on any atom is 0.243 e. The third-order valence-electron chi connectivity index (χ3n) is 12.0. The normalized spacial score (nSPS) is 20.2. The number of aliphatic hydroxyl groups is 1. The number of nitrogens with zero attached hydrogens (tertiary/aromatic N) is 6. The summed E-state index contributed by atoms with van der Waals surface area (Å²) in [4.78, 5) is 38.5. The zero-order valence-corrected chi connectivity index (χ0v) is 33.9. The lowest BCUT2D eigenvalue weighted by atomic mass is 9.57. The molecular weight excluding hydrogens is 759 g/mol. The average Bonchev–Trinajstić information content (AvgIpc) is 3.97. The summed E-state index contributed by atoms with van der Waals surface area (Å²) in [5.41, 5.74) is 7.27. The Morgan fingerprint density at radius 2 is 1.79 bits per heavy atom. The van der Waals surface area contributed by atoms with Gasteiger partial charge in [-0.25, -0.2) is 4.98 Å². The Hall–Kier alpha value is -5.18. The molecule has 1 aliphatic carbocycles. The first kappa shape index (κ1) is 37.4. The van der Waals surface area contributed by atoms with E-state index in [1.807, 2.05) is 81.7 Å². The van der Waals surface area contributed by atoms with Crippen molar-refractivity contribution < 1.29 is 24.3 Å². The van der Waals surface area contributed by atoms with E-state index in [0.29, 0.717) is 28.8 Å². The van der Waals surface area contributed by atoms with Crippen molar-refractivity contribution in [3.8, 4) is 27.4 Å². The summed E-state index contributed by atoms with van der Waals surface area (Å²) in [6.45, 7) is 9.65. The van der Waals surface area contributed by atoms with Gasteiger partial charge < -0.3 is 29.9 Å². The summed E-state index contributed by atoms with van der Waals surface area (Å²) in [5, 5.41) is 37.3. The second kappa shape index (κ2) is 14.6. The van der Waals surface area contributed by atoms with Crippen LogP contribution in [0.3, 0.4) is 0 Å². The minimum atomic E-state index is -0.801. The molecule has 3 N–H and O–H groups in total. The number of aliphatic hydroxyl groups excluding tert-OH is 1. The van der Waals surface area contributed by atoms with E-state index in [2.05, 4.69) is 36.6 Å². The molecule has 12 nitrogen and oxygen atoms in total. The van der Waals surface area contributed by atoms with Gasteiger partial charge in [-0.3, -0.25) is 9.59 Å². The predicted octanol–water partition coefficient (Wildman–Crippen LogP) is 7.45. The number of aromatic hydroxyl groups is 1. The molecule has 294 valence electrons. The van der Waals surface area contributed by atoms with Gasteiger partial charge in [-0.2, -0.15) is 0 Å². The van der Waals surface area contributed by atoms with Crippen molar-refractivity contribution in [1.82, 2.24) is 30.6 Å². The van der Waals surface area contributed by atoms with Crippen LogP contribution in [0.15, 0.2) is 76.8 Å². The molecule has 3 fully saturated rings. The number of phenolic OH excluding ortho intramolecular Hbond substituents is 1. The molecule has 9 rings (SSSR count). The molecule has 6 aromatic rings. The van der Waals surface area contributed by atoms with E-state index in [4.69, 9.17) is 4.52 Å². The topological polar surface area (TPSA) is 158 Å². The van der Waals surface area contributed by atoms with E-state index in [9.17, 15) is 19.8 Å². The van der Waals surface area contributed by atoms with Gasteiger partial charge in [0, 0.05) is 48.0 Å². The Morgan fingerprint density at radius 1 is 1.02 bits per heavy atom. The third-order valence-corrected chi connectivity index (χ3v) is 14.2. The maximum atomic E-state index is 14.3. The van der Waals surface area contributed by atoms with E-state index < -0.39 is 18.1 Å². The standard InChI is InChI=1S/C43H45N7O5S2/c1-23(2)39(42(54)50-19-29(51)13-33(50)41(53)45-24(3)26-9-11-27(12-10-26)40-25(4)44-22-56-40)35-16-38(48-55-35)49-20-43(21-49)17-28(18-43)36-15-32-37(57-36)14-31(46-47-32)30-7-5-6-8-34(30)52/h5-12,14-16,22-24,28-29,33,39,51-52H,13,17-21H2,1-4H3,(H,45,53)/t24-,29+,33-,39+/m0/s1. The van der Waals surface area contributed by atoms with Crippen molar-refractivity contribution >= 4 is 50.5 Å². The number of thiophene rings is 1. The van der Waals surface area contributed by atoms with E-state index in [1.54, 1.807) is 34.8 Å². The largest absolute Gasteiger partial charge is 0.507 e. The first-order chi connectivity index (χ1) is 27.4. The maximum absolute atomic E-state index is 14.3. The molecule has 2 aromatic carbocycles. The number of likely N-dealkylation sites (tertiary alicyclic amines) is 1. The number of nitrogens with one attached hydrogen (secondary N) is 1. The number of benzene rings is 2. The van der Waals surface area contributed by atoms with Crippen LogP contribution in [0.5, 0.6) is 5.75 Å². The lowest BCUT2D eigenvalue weighted by molar-refractivity contribution is -0.141. The third kappa shape index (κ3) is 6.97. The molecule has 0 unspecified atom stereocenters. The number of fused-ring (bicyclic) bond motifs is 1. The Balaban J connectivity index is 0.821. The monoisotopic (exact) mass is 803 g/mol. The molecule has 2 amide bonds. The van der Waals surface area contributed by atoms with Gasteiger partial charge in [0.15, 0.2) is 11.6 Å². The summed E-state index contributed by atoms with van der Waals surface area (Å²) >= 11 is 3.35. The Kier molecular flexibility index (Phi) is 9.61. The number of anilines is 1. The predicted molar refractivity (Wildman–Crippen MR) is 220 cm³/mol. The number of carbonyl (C=O) groups excluding carboxylic acids is 2. The van der Waals surface area contributed by atoms with Crippen molar-refractivity contribution in [2.45, 2.75) is 77.0 Å². The summed E-state index contributed by atoms with van der Waals surface area (Å²) in [6.07, 6.45) is 1.52. The Morgan fingerprint density at radius 3 is 2.51 bits per heavy atom. The molecule has 4 aromatic heterocycles. The van der Waals surface area contributed by atoms with Crippen molar-refractivity contribution in [3.63, 3.8) is 0 Å². The summed E-state index contributed by atoms with van der Waals surface area (Å²) < 4.78 is 6.94. The fourth-order valence-corrected chi connectivity index (χ4v) is 10.9. The minimum absolute atomic E-state index is 0.0817. The number of aryl methyl sites for hydroxylation is 1. The van der Waals surface area contributed by atoms with Crippen LogP contribution in [0.25, 0.3) is 31.9 Å². The summed E-state index contributed by atoms with van der Waals surface area (Å²) in [6, 6.07) is 20.2. The number of phenols is 1. The zero-order valence-electron chi connectivity index (χ0n) is 32.3. The lowest BCUT2D eigenvalue weighted by Gasteiger charge is -2.59. The van der Waals surface area contributed by atoms with Crippen molar-refractivity contribution in [2.24, 2.45) is 11.3 Å². The molecule has 57 heavy (non-hydrogen) atoms. The molecule has 14 heteroatoms. The van der Waals surface area contributed by atoms with Crippen molar-refractivity contribution in [1.29, 1.82) is 0 Å². The van der Waals surface area contributed by atoms with Crippen LogP contribution in [0.1, 0.15) is 79.8 Å². The number of hydrogen-bond donors (Lipinski definition) is 3. The Bertz CT molecular complexity index is 2440. The number of β-amino-alcohol motifs (C(OH)–C–C–N with tert-alkyl or cyclic N) is 1. The molecule has 1 saturated carbocycles. The van der Waals surface area contributed by atoms with Crippen LogP contribution >= 0.6 is 22.7 Å². The number of amides is 2. The number of rotatable bonds is 10. The van der Waals surface area contributed by atoms with Gasteiger partial charge in [0.25, 0.3) is 0 Å². The van der Waals surface area contributed by atoms with E-state index in [1.165, 1.54) is 9.78 Å². The summed E-state index contributed by atoms with van der Waals surface area (Å²) in [7, 11) is 0. The first-order valence-electron chi connectivity index (χ1n) is 19.5. The fraction of sp³-hybridized carbons (Fsp3) is 0.395. The minimum Gasteiger partial charge on any atom is -0.507 e. The SMILES string of the molecule is Cc1ncsc1-c1ccc([C@H](C)NC(=O)[C@@H]2C[C@@H](O)CN2C(=O)[C@@H](c2cc(N3CC4(CC(c5cc6nnc(-c7ccccc7O)cc6s5)C4)C3)no2)C(C)C)cc1. The molecule has 2 aliphatic heterocycles. The van der Waals surface area contributed by atoms with Gasteiger partial charge in [0.2, 0.25) is 11.8 Å². The number of aromatic nitrogens is 4. The molecular formula is C43H45N7O5S2. The first-order valence-corrected chi connectivity index (χ1v) is 21.2. The number of thiazole rings is 1. The molecule has 3 aliphatic rings. The van der Waals surface area contributed by atoms with Gasteiger partial charge in [0.1, 0.15) is 23.2 Å². The second-order valence-corrected chi connectivity index (χ2v) is 18.4. The van der Waals surface area contributed by atoms with E-state index in [-0.39, 0.29) is 47.9 Å². The number of para-hydroxylation sites is 1. The average molecular weight is 804 g/mol. The van der Waals surface area contributed by atoms with E-state index in [0.717, 1.165) is 57.8 Å². The highest BCUT2D eigenvalue weighted by atomic mass is 32.1. The molecule has 0 bridgehead atoms. The fourth-order valence-electron chi connectivity index (χ4n) is 8.94. The second-order valence-electron chi connectivity index (χ2n) is 16.4. The number of carbonyl (C=O) groups is 2. The van der Waals surface area contributed by atoms with Crippen LogP contribution < -0.4 is 10.2 Å². The highest BCUT2D eigenvalue weighted by Gasteiger charge is 2.54. The molecule has 1 spiro atoms. The van der Waals surface area contributed by atoms with Crippen molar-refractivity contribution in [2.75, 3.05) is 24.5 Å². The van der Waals surface area contributed by atoms with E-state index >= 15 is 0 Å². The van der Waals surface area contributed by atoms with Gasteiger partial charge in [-0.1, -0.05) is 55.4 Å². The van der Waals surface area contributed by atoms with Crippen LogP contribution in [-0.2, 0) is 9.59 Å². The molecule has 4 atom stereocenters. The van der Waals surface area contributed by atoms with Gasteiger partial charge >= 0.3 is 0 Å². The smallest absolute Gasteiger partial charge is 0.243 e.